The van der Waals surface area contributed by atoms with Crippen molar-refractivity contribution in [1.29, 1.82) is 0 Å². The molecule has 0 atom stereocenters. The first-order chi connectivity index (χ1) is 7.83. The summed E-state index contributed by atoms with van der Waals surface area (Å²) in [6.45, 7) is 0. The Bertz CT molecular complexity index is 615. The van der Waals surface area contributed by atoms with Crippen molar-refractivity contribution < 1.29 is 0 Å². The molecule has 0 fully saturated rings. The van der Waals surface area contributed by atoms with Crippen LogP contribution in [0.5, 0.6) is 0 Å². The lowest BCUT2D eigenvalue weighted by atomic mass is 10.2. The molecule has 0 unspecified atom stereocenters. The highest BCUT2D eigenvalue weighted by Crippen LogP contribution is 2.32. The fraction of sp³-hybridized carbons (Fsp3) is 0. The molecular weight excluding hydrogens is 331 g/mol. The molecule has 3 rings (SSSR count). The SMILES string of the molecule is Ic1cc(-c2cc3ccccc3s2)ncn1. The van der Waals surface area contributed by atoms with E-state index in [9.17, 15) is 0 Å². The Kier molecular flexibility index (Phi) is 2.61. The second-order valence-corrected chi connectivity index (χ2v) is 5.56. The molecule has 0 amide bonds. The first-order valence-corrected chi connectivity index (χ1v) is 6.69. The van der Waals surface area contributed by atoms with Gasteiger partial charge in [-0.15, -0.1) is 11.3 Å². The quantitative estimate of drug-likeness (QED) is 0.496. The zero-order chi connectivity index (χ0) is 11.0. The highest BCUT2D eigenvalue weighted by atomic mass is 127. The lowest BCUT2D eigenvalue weighted by Gasteiger charge is -1.94. The van der Waals surface area contributed by atoms with Gasteiger partial charge in [-0.2, -0.15) is 0 Å². The Labute approximate surface area is 111 Å². The number of nitrogens with zero attached hydrogens (tertiary/aromatic N) is 2. The highest BCUT2D eigenvalue weighted by molar-refractivity contribution is 14.1. The van der Waals surface area contributed by atoms with Crippen LogP contribution in [0.4, 0.5) is 0 Å². The van der Waals surface area contributed by atoms with Crippen molar-refractivity contribution in [2.24, 2.45) is 0 Å². The van der Waals surface area contributed by atoms with E-state index in [4.69, 9.17) is 0 Å². The van der Waals surface area contributed by atoms with Crippen LogP contribution in [-0.2, 0) is 0 Å². The van der Waals surface area contributed by atoms with Gasteiger partial charge in [0.15, 0.2) is 0 Å². The van der Waals surface area contributed by atoms with Crippen LogP contribution >= 0.6 is 33.9 Å². The molecular formula is C12H7IN2S. The van der Waals surface area contributed by atoms with Crippen LogP contribution in [0.3, 0.4) is 0 Å². The fourth-order valence-corrected chi connectivity index (χ4v) is 3.03. The van der Waals surface area contributed by atoms with E-state index < -0.39 is 0 Å². The fourth-order valence-electron chi connectivity index (χ4n) is 1.58. The maximum Gasteiger partial charge on any atom is 0.117 e. The molecule has 1 aromatic carbocycles. The number of halogens is 1. The van der Waals surface area contributed by atoms with E-state index in [1.54, 1.807) is 17.7 Å². The first kappa shape index (κ1) is 10.2. The van der Waals surface area contributed by atoms with Gasteiger partial charge in [-0.3, -0.25) is 0 Å². The van der Waals surface area contributed by atoms with E-state index >= 15 is 0 Å². The van der Waals surface area contributed by atoms with Crippen LogP contribution in [0.2, 0.25) is 0 Å². The molecule has 2 nitrogen and oxygen atoms in total. The Morgan fingerprint density at radius 3 is 2.75 bits per heavy atom. The number of thiophene rings is 1. The van der Waals surface area contributed by atoms with Crippen molar-refractivity contribution in [2.75, 3.05) is 0 Å². The van der Waals surface area contributed by atoms with E-state index in [1.165, 1.54) is 15.0 Å². The predicted octanol–water partition coefficient (Wildman–Crippen LogP) is 3.96. The molecule has 2 heterocycles. The van der Waals surface area contributed by atoms with Gasteiger partial charge in [0, 0.05) is 4.70 Å². The van der Waals surface area contributed by atoms with E-state index in [0.29, 0.717) is 0 Å². The van der Waals surface area contributed by atoms with E-state index in [0.717, 1.165) is 9.39 Å². The van der Waals surface area contributed by atoms with E-state index in [-0.39, 0.29) is 0 Å². The minimum atomic E-state index is 0.972. The lowest BCUT2D eigenvalue weighted by molar-refractivity contribution is 1.14. The number of hydrogen-bond acceptors (Lipinski definition) is 3. The molecule has 2 aromatic heterocycles. The molecule has 0 N–H and O–H groups in total. The van der Waals surface area contributed by atoms with Crippen molar-refractivity contribution >= 4 is 44.0 Å². The number of fused-ring (bicyclic) bond motifs is 1. The molecule has 0 spiro atoms. The van der Waals surface area contributed by atoms with Gasteiger partial charge >= 0.3 is 0 Å². The van der Waals surface area contributed by atoms with Crippen molar-refractivity contribution in [2.45, 2.75) is 0 Å². The molecule has 0 aliphatic carbocycles. The van der Waals surface area contributed by atoms with Crippen molar-refractivity contribution in [3.05, 3.63) is 46.4 Å². The largest absolute Gasteiger partial charge is 0.235 e. The number of rotatable bonds is 1. The van der Waals surface area contributed by atoms with Gasteiger partial charge in [0.05, 0.1) is 10.6 Å². The Morgan fingerprint density at radius 2 is 1.94 bits per heavy atom. The third-order valence-corrected chi connectivity index (χ3v) is 4.04. The zero-order valence-electron chi connectivity index (χ0n) is 8.22. The second kappa shape index (κ2) is 4.10. The monoisotopic (exact) mass is 338 g/mol. The van der Waals surface area contributed by atoms with Crippen molar-refractivity contribution in [3.8, 4) is 10.6 Å². The van der Waals surface area contributed by atoms with Crippen LogP contribution in [0.15, 0.2) is 42.7 Å². The van der Waals surface area contributed by atoms with Gasteiger partial charge in [0.25, 0.3) is 0 Å². The molecule has 0 radical (unpaired) electrons. The summed E-state index contributed by atoms with van der Waals surface area (Å²) in [5.41, 5.74) is 1.00. The molecule has 16 heavy (non-hydrogen) atoms. The van der Waals surface area contributed by atoms with Crippen LogP contribution in [0.1, 0.15) is 0 Å². The maximum absolute atomic E-state index is 4.30. The zero-order valence-corrected chi connectivity index (χ0v) is 11.2. The Morgan fingerprint density at radius 1 is 1.06 bits per heavy atom. The van der Waals surface area contributed by atoms with Crippen molar-refractivity contribution in [3.63, 3.8) is 0 Å². The smallest absolute Gasteiger partial charge is 0.117 e. The molecule has 0 bridgehead atoms. The standard InChI is InChI=1S/C12H7IN2S/c13-12-6-9(14-7-15-12)11-5-8-3-1-2-4-10(8)16-11/h1-7H. The minimum Gasteiger partial charge on any atom is -0.235 e. The predicted molar refractivity (Wildman–Crippen MR) is 75.6 cm³/mol. The molecule has 0 aliphatic rings. The third-order valence-electron chi connectivity index (χ3n) is 2.31. The highest BCUT2D eigenvalue weighted by Gasteiger charge is 2.05. The third kappa shape index (κ3) is 1.82. The van der Waals surface area contributed by atoms with Crippen LogP contribution in [0.25, 0.3) is 20.7 Å². The minimum absolute atomic E-state index is 0.972. The summed E-state index contributed by atoms with van der Waals surface area (Å²) in [5, 5.41) is 1.27. The average molecular weight is 338 g/mol. The Hall–Kier alpha value is -1.01. The number of benzene rings is 1. The summed E-state index contributed by atoms with van der Waals surface area (Å²) in [5.74, 6) is 0. The molecule has 4 heteroatoms. The molecule has 78 valence electrons. The molecule has 0 aliphatic heterocycles. The van der Waals surface area contributed by atoms with Crippen LogP contribution in [-0.4, -0.2) is 9.97 Å². The van der Waals surface area contributed by atoms with E-state index in [1.807, 2.05) is 6.07 Å². The van der Waals surface area contributed by atoms with Gasteiger partial charge in [-0.05, 0) is 46.2 Å². The van der Waals surface area contributed by atoms with Crippen LogP contribution in [0, 0.1) is 3.70 Å². The molecule has 0 saturated heterocycles. The summed E-state index contributed by atoms with van der Waals surface area (Å²) in [7, 11) is 0. The summed E-state index contributed by atoms with van der Waals surface area (Å²) >= 11 is 3.97. The summed E-state index contributed by atoms with van der Waals surface area (Å²) in [6.07, 6.45) is 1.61. The topological polar surface area (TPSA) is 25.8 Å². The van der Waals surface area contributed by atoms with Crippen LogP contribution < -0.4 is 0 Å². The number of aromatic nitrogens is 2. The van der Waals surface area contributed by atoms with Gasteiger partial charge in [0.1, 0.15) is 10.0 Å². The van der Waals surface area contributed by atoms with Crippen molar-refractivity contribution in [1.82, 2.24) is 9.97 Å². The maximum atomic E-state index is 4.30. The first-order valence-electron chi connectivity index (χ1n) is 4.79. The Balaban J connectivity index is 2.19. The molecule has 3 aromatic rings. The lowest BCUT2D eigenvalue weighted by Crippen LogP contribution is -1.84. The van der Waals surface area contributed by atoms with Gasteiger partial charge in [-0.1, -0.05) is 18.2 Å². The van der Waals surface area contributed by atoms with E-state index in [2.05, 4.69) is 62.9 Å². The normalized spacial score (nSPS) is 10.8. The second-order valence-electron chi connectivity index (χ2n) is 3.37. The number of hydrogen-bond donors (Lipinski definition) is 0. The van der Waals surface area contributed by atoms with Gasteiger partial charge in [0.2, 0.25) is 0 Å². The summed E-state index contributed by atoms with van der Waals surface area (Å²) in [4.78, 5) is 9.59. The summed E-state index contributed by atoms with van der Waals surface area (Å²) in [6, 6.07) is 12.6. The van der Waals surface area contributed by atoms with Gasteiger partial charge < -0.3 is 0 Å². The van der Waals surface area contributed by atoms with Gasteiger partial charge in [-0.25, -0.2) is 9.97 Å². The summed E-state index contributed by atoms with van der Waals surface area (Å²) < 4.78 is 2.27. The average Bonchev–Trinajstić information content (AvgIpc) is 2.72. The molecule has 0 saturated carbocycles.